The van der Waals surface area contributed by atoms with Crippen molar-refractivity contribution in [3.05, 3.63) is 29.8 Å². The van der Waals surface area contributed by atoms with E-state index in [1.54, 1.807) is 49.9 Å². The third-order valence-electron chi connectivity index (χ3n) is 4.96. The molecule has 0 aliphatic carbocycles. The second-order valence-electron chi connectivity index (χ2n) is 7.21. The molecular formula is C22H32N2O7. The van der Waals surface area contributed by atoms with E-state index in [-0.39, 0.29) is 38.4 Å². The fraction of sp³-hybridized carbons (Fsp3) is 0.591. The van der Waals surface area contributed by atoms with E-state index in [1.807, 2.05) is 0 Å². The number of hydrogen-bond donors (Lipinski definition) is 1. The van der Waals surface area contributed by atoms with Gasteiger partial charge in [-0.05, 0) is 44.9 Å². The van der Waals surface area contributed by atoms with E-state index in [0.717, 1.165) is 12.1 Å². The van der Waals surface area contributed by atoms with E-state index < -0.39 is 17.5 Å². The molecule has 0 bridgehead atoms. The van der Waals surface area contributed by atoms with Crippen LogP contribution in [0.3, 0.4) is 0 Å². The smallest absolute Gasteiger partial charge is 0.350 e. The molecule has 1 aromatic carbocycles. The molecule has 172 valence electrons. The van der Waals surface area contributed by atoms with Crippen LogP contribution in [0.5, 0.6) is 0 Å². The number of ether oxygens (including phenoxy) is 4. The highest BCUT2D eigenvalue weighted by Crippen LogP contribution is 2.26. The summed E-state index contributed by atoms with van der Waals surface area (Å²) in [5, 5.41) is 2.81. The molecule has 1 aromatic rings. The SMILES string of the molecule is CCOC(=O)C(Cc1ccc(N2CCCNC2=O)cc1)(OCC(C)OC)C(=O)OCC. The second-order valence-corrected chi connectivity index (χ2v) is 7.21. The van der Waals surface area contributed by atoms with Crippen molar-refractivity contribution in [2.45, 2.75) is 45.3 Å². The lowest BCUT2D eigenvalue weighted by Crippen LogP contribution is -2.54. The van der Waals surface area contributed by atoms with Gasteiger partial charge in [0.1, 0.15) is 0 Å². The molecule has 9 heteroatoms. The maximum absolute atomic E-state index is 12.9. The number of methoxy groups -OCH3 is 1. The van der Waals surface area contributed by atoms with Crippen molar-refractivity contribution >= 4 is 23.7 Å². The maximum Gasteiger partial charge on any atom is 0.350 e. The minimum Gasteiger partial charge on any atom is -0.463 e. The number of anilines is 1. The number of amides is 2. The number of esters is 2. The summed E-state index contributed by atoms with van der Waals surface area (Å²) in [5.74, 6) is -1.62. The van der Waals surface area contributed by atoms with Gasteiger partial charge in [0.05, 0.1) is 25.9 Å². The Labute approximate surface area is 183 Å². The van der Waals surface area contributed by atoms with Gasteiger partial charge in [0.25, 0.3) is 5.60 Å². The van der Waals surface area contributed by atoms with Crippen molar-refractivity contribution in [2.75, 3.05) is 44.9 Å². The Morgan fingerprint density at radius 2 is 1.74 bits per heavy atom. The average molecular weight is 437 g/mol. The van der Waals surface area contributed by atoms with Gasteiger partial charge in [-0.1, -0.05) is 12.1 Å². The van der Waals surface area contributed by atoms with Gasteiger partial charge in [-0.2, -0.15) is 0 Å². The Morgan fingerprint density at radius 3 is 2.26 bits per heavy atom. The molecule has 1 N–H and O–H groups in total. The molecule has 1 aliphatic rings. The predicted octanol–water partition coefficient (Wildman–Crippen LogP) is 2.07. The Balaban J connectivity index is 2.32. The molecule has 2 amide bonds. The van der Waals surface area contributed by atoms with Gasteiger partial charge in [-0.3, -0.25) is 4.90 Å². The minimum atomic E-state index is -1.96. The van der Waals surface area contributed by atoms with Crippen LogP contribution in [0.25, 0.3) is 0 Å². The number of hydrogen-bond acceptors (Lipinski definition) is 7. The fourth-order valence-electron chi connectivity index (χ4n) is 3.18. The van der Waals surface area contributed by atoms with Crippen LogP contribution >= 0.6 is 0 Å². The van der Waals surface area contributed by atoms with Crippen molar-refractivity contribution in [3.8, 4) is 0 Å². The van der Waals surface area contributed by atoms with E-state index in [0.29, 0.717) is 18.7 Å². The maximum atomic E-state index is 12.9. The van der Waals surface area contributed by atoms with Crippen LogP contribution in [0.4, 0.5) is 10.5 Å². The lowest BCUT2D eigenvalue weighted by Gasteiger charge is -2.31. The molecule has 1 aliphatic heterocycles. The average Bonchev–Trinajstić information content (AvgIpc) is 2.77. The monoisotopic (exact) mass is 436 g/mol. The van der Waals surface area contributed by atoms with Gasteiger partial charge in [-0.15, -0.1) is 0 Å². The number of benzene rings is 1. The molecule has 1 saturated heterocycles. The molecule has 9 nitrogen and oxygen atoms in total. The highest BCUT2D eigenvalue weighted by Gasteiger charge is 2.51. The molecule has 2 rings (SSSR count). The van der Waals surface area contributed by atoms with Gasteiger partial charge in [-0.25, -0.2) is 14.4 Å². The number of nitrogens with zero attached hydrogens (tertiary/aromatic N) is 1. The van der Waals surface area contributed by atoms with E-state index in [4.69, 9.17) is 18.9 Å². The summed E-state index contributed by atoms with van der Waals surface area (Å²) in [6.45, 7) is 6.54. The zero-order valence-corrected chi connectivity index (χ0v) is 18.6. The van der Waals surface area contributed by atoms with Crippen LogP contribution in [0, 0.1) is 0 Å². The third-order valence-corrected chi connectivity index (χ3v) is 4.96. The standard InChI is InChI=1S/C22H32N2O7/c1-5-29-19(25)22(20(26)30-6-2,31-15-16(3)28-4)14-17-8-10-18(11-9-17)24-13-7-12-23-21(24)27/h8-11,16H,5-7,12-15H2,1-4H3,(H,23,27). The molecule has 0 aromatic heterocycles. The van der Waals surface area contributed by atoms with Crippen LogP contribution in [-0.2, 0) is 35.0 Å². The van der Waals surface area contributed by atoms with E-state index in [2.05, 4.69) is 5.32 Å². The molecule has 1 heterocycles. The summed E-state index contributed by atoms with van der Waals surface area (Å²) < 4.78 is 21.4. The van der Waals surface area contributed by atoms with Gasteiger partial charge < -0.3 is 24.3 Å². The number of rotatable bonds is 11. The number of nitrogens with one attached hydrogen (secondary N) is 1. The first-order chi connectivity index (χ1) is 14.9. The normalized spacial score (nSPS) is 15.2. The van der Waals surface area contributed by atoms with Crippen molar-refractivity contribution in [1.29, 1.82) is 0 Å². The molecule has 0 radical (unpaired) electrons. The lowest BCUT2D eigenvalue weighted by molar-refractivity contribution is -0.194. The van der Waals surface area contributed by atoms with Crippen molar-refractivity contribution in [1.82, 2.24) is 5.32 Å². The number of carbonyl (C=O) groups is 3. The Kier molecular flexibility index (Phi) is 9.26. The number of urea groups is 1. The summed E-state index contributed by atoms with van der Waals surface area (Å²) in [6.07, 6.45) is 0.435. The summed E-state index contributed by atoms with van der Waals surface area (Å²) in [7, 11) is 1.51. The Hall–Kier alpha value is -2.65. The quantitative estimate of drug-likeness (QED) is 0.418. The Bertz CT molecular complexity index is 733. The van der Waals surface area contributed by atoms with Gasteiger partial charge in [0.15, 0.2) is 0 Å². The van der Waals surface area contributed by atoms with Gasteiger partial charge in [0, 0.05) is 32.3 Å². The van der Waals surface area contributed by atoms with E-state index in [1.165, 1.54) is 7.11 Å². The zero-order chi connectivity index (χ0) is 22.9. The van der Waals surface area contributed by atoms with E-state index in [9.17, 15) is 14.4 Å². The molecule has 0 saturated carbocycles. The first-order valence-electron chi connectivity index (χ1n) is 10.5. The summed E-state index contributed by atoms with van der Waals surface area (Å²) in [6, 6.07) is 6.92. The summed E-state index contributed by atoms with van der Waals surface area (Å²) in [4.78, 5) is 39.5. The first kappa shape index (κ1) is 24.6. The van der Waals surface area contributed by atoms with Crippen LogP contribution in [0.15, 0.2) is 24.3 Å². The highest BCUT2D eigenvalue weighted by molar-refractivity contribution is 6.04. The predicted molar refractivity (Wildman–Crippen MR) is 114 cm³/mol. The first-order valence-corrected chi connectivity index (χ1v) is 10.5. The van der Waals surface area contributed by atoms with Gasteiger partial charge >= 0.3 is 18.0 Å². The number of carbonyl (C=O) groups excluding carboxylic acids is 3. The zero-order valence-electron chi connectivity index (χ0n) is 18.6. The fourth-order valence-corrected chi connectivity index (χ4v) is 3.18. The van der Waals surface area contributed by atoms with Crippen molar-refractivity contribution < 1.29 is 33.3 Å². The lowest BCUT2D eigenvalue weighted by atomic mass is 9.93. The van der Waals surface area contributed by atoms with Crippen LogP contribution in [-0.4, -0.2) is 69.7 Å². The van der Waals surface area contributed by atoms with Crippen molar-refractivity contribution in [2.24, 2.45) is 0 Å². The molecule has 1 fully saturated rings. The van der Waals surface area contributed by atoms with Crippen LogP contribution < -0.4 is 10.2 Å². The largest absolute Gasteiger partial charge is 0.463 e. The summed E-state index contributed by atoms with van der Waals surface area (Å²) in [5.41, 5.74) is -0.567. The Morgan fingerprint density at radius 1 is 1.13 bits per heavy atom. The molecule has 0 spiro atoms. The van der Waals surface area contributed by atoms with Gasteiger partial charge in [0.2, 0.25) is 0 Å². The van der Waals surface area contributed by atoms with Crippen LogP contribution in [0.1, 0.15) is 32.8 Å². The molecule has 1 unspecified atom stereocenters. The minimum absolute atomic E-state index is 0.000160. The van der Waals surface area contributed by atoms with E-state index >= 15 is 0 Å². The highest BCUT2D eigenvalue weighted by atomic mass is 16.6. The third kappa shape index (κ3) is 6.18. The van der Waals surface area contributed by atoms with Crippen LogP contribution in [0.2, 0.25) is 0 Å². The molecular weight excluding hydrogens is 404 g/mol. The summed E-state index contributed by atoms with van der Waals surface area (Å²) >= 11 is 0. The second kappa shape index (κ2) is 11.7. The molecule has 31 heavy (non-hydrogen) atoms. The van der Waals surface area contributed by atoms with Crippen molar-refractivity contribution in [3.63, 3.8) is 0 Å². The molecule has 1 atom stereocenters. The topological polar surface area (TPSA) is 103 Å².